The fraction of sp³-hybridized carbons (Fsp3) is 0.227. The summed E-state index contributed by atoms with van der Waals surface area (Å²) in [5, 5.41) is 17.4. The minimum absolute atomic E-state index is 0.0662. The van der Waals surface area contributed by atoms with Gasteiger partial charge in [0.25, 0.3) is 5.91 Å². The van der Waals surface area contributed by atoms with Crippen LogP contribution in [0.1, 0.15) is 45.5 Å². The number of halogens is 1. The van der Waals surface area contributed by atoms with Crippen molar-refractivity contribution in [2.24, 2.45) is 5.73 Å². The summed E-state index contributed by atoms with van der Waals surface area (Å²) in [5.41, 5.74) is 9.95. The zero-order valence-electron chi connectivity index (χ0n) is 15.8. The van der Waals surface area contributed by atoms with E-state index in [0.29, 0.717) is 35.5 Å². The Balaban J connectivity index is 1.74. The van der Waals surface area contributed by atoms with Gasteiger partial charge < -0.3 is 10.6 Å². The highest BCUT2D eigenvalue weighted by atomic mass is 35.5. The van der Waals surface area contributed by atoms with Gasteiger partial charge in [0.05, 0.1) is 22.4 Å². The number of allylic oxidation sites excluding steroid dienone is 2. The van der Waals surface area contributed by atoms with Gasteiger partial charge in [-0.3, -0.25) is 10.2 Å². The van der Waals surface area contributed by atoms with Gasteiger partial charge in [0.1, 0.15) is 0 Å². The molecule has 142 valence electrons. The molecule has 1 saturated heterocycles. The minimum atomic E-state index is -0.0662. The molecule has 28 heavy (non-hydrogen) atoms. The molecule has 1 amide bonds. The fourth-order valence-corrected chi connectivity index (χ4v) is 3.31. The highest BCUT2D eigenvalue weighted by Crippen LogP contribution is 2.29. The van der Waals surface area contributed by atoms with E-state index in [1.165, 1.54) is 0 Å². The van der Waals surface area contributed by atoms with Crippen molar-refractivity contribution in [1.29, 1.82) is 10.7 Å². The molecule has 0 radical (unpaired) electrons. The van der Waals surface area contributed by atoms with E-state index in [4.69, 9.17) is 28.0 Å². The number of rotatable bonds is 4. The Kier molecular flexibility index (Phi) is 5.53. The summed E-state index contributed by atoms with van der Waals surface area (Å²) < 4.78 is 0. The number of nitrogens with two attached hydrogens (primary N) is 1. The molecule has 0 atom stereocenters. The quantitative estimate of drug-likeness (QED) is 0.772. The largest absolute Gasteiger partial charge is 0.401 e. The van der Waals surface area contributed by atoms with Crippen LogP contribution in [0.25, 0.3) is 0 Å². The van der Waals surface area contributed by atoms with Crippen LogP contribution in [0.15, 0.2) is 53.2 Å². The number of nitrogens with one attached hydrogen (secondary N) is 1. The van der Waals surface area contributed by atoms with E-state index in [0.717, 1.165) is 11.1 Å². The second-order valence-electron chi connectivity index (χ2n) is 7.04. The molecule has 1 heterocycles. The van der Waals surface area contributed by atoms with Crippen molar-refractivity contribution in [3.8, 4) is 6.07 Å². The molecule has 3 N–H and O–H groups in total. The summed E-state index contributed by atoms with van der Waals surface area (Å²) in [6.45, 7) is 4.78. The maximum absolute atomic E-state index is 12.8. The molecule has 0 unspecified atom stereocenters. The van der Waals surface area contributed by atoms with E-state index < -0.39 is 0 Å². The van der Waals surface area contributed by atoms with Crippen LogP contribution in [0.5, 0.6) is 0 Å². The number of carbonyl (C=O) groups is 1. The van der Waals surface area contributed by atoms with Crippen LogP contribution in [0.2, 0.25) is 0 Å². The van der Waals surface area contributed by atoms with E-state index in [1.807, 2.05) is 25.1 Å². The number of nitriles is 1. The van der Waals surface area contributed by atoms with E-state index in [2.05, 4.69) is 6.07 Å². The van der Waals surface area contributed by atoms with Crippen LogP contribution >= 0.6 is 11.6 Å². The number of amides is 1. The van der Waals surface area contributed by atoms with Crippen molar-refractivity contribution in [1.82, 2.24) is 4.90 Å². The third kappa shape index (κ3) is 3.78. The summed E-state index contributed by atoms with van der Waals surface area (Å²) in [4.78, 5) is 14.6. The summed E-state index contributed by atoms with van der Waals surface area (Å²) in [5.74, 6) is 0.209. The molecular weight excluding hydrogens is 372 g/mol. The maximum Gasteiger partial charge on any atom is 0.253 e. The van der Waals surface area contributed by atoms with Gasteiger partial charge in [0, 0.05) is 35.8 Å². The molecule has 1 aliphatic heterocycles. The third-order valence-electron chi connectivity index (χ3n) is 5.00. The highest BCUT2D eigenvalue weighted by molar-refractivity contribution is 6.46. The Morgan fingerprint density at radius 3 is 2.46 bits per heavy atom. The summed E-state index contributed by atoms with van der Waals surface area (Å²) >= 11 is 6.13. The summed E-state index contributed by atoms with van der Waals surface area (Å²) in [6.07, 6.45) is 0. The molecule has 0 spiro atoms. The lowest BCUT2D eigenvalue weighted by atomic mass is 9.90. The molecule has 0 aromatic heterocycles. The van der Waals surface area contributed by atoms with Gasteiger partial charge in [-0.15, -0.1) is 0 Å². The average Bonchev–Trinajstić information content (AvgIpc) is 2.66. The second kappa shape index (κ2) is 7.87. The first-order chi connectivity index (χ1) is 13.3. The number of hydrogen-bond acceptors (Lipinski definition) is 4. The summed E-state index contributed by atoms with van der Waals surface area (Å²) in [6, 6.07) is 14.9. The molecule has 0 bridgehead atoms. The lowest BCUT2D eigenvalue weighted by Gasteiger charge is -2.39. The number of likely N-dealkylation sites (tertiary alicyclic amines) is 1. The number of nitrogens with zero attached hydrogens (tertiary/aromatic N) is 2. The second-order valence-corrected chi connectivity index (χ2v) is 7.42. The van der Waals surface area contributed by atoms with Crippen molar-refractivity contribution in [2.45, 2.75) is 19.8 Å². The molecule has 2 aromatic rings. The Morgan fingerprint density at radius 1 is 1.25 bits per heavy atom. The van der Waals surface area contributed by atoms with E-state index in [-0.39, 0.29) is 22.6 Å². The topological polar surface area (TPSA) is 94.0 Å². The fourth-order valence-electron chi connectivity index (χ4n) is 3.21. The van der Waals surface area contributed by atoms with Crippen molar-refractivity contribution in [3.05, 3.63) is 81.0 Å². The van der Waals surface area contributed by atoms with Gasteiger partial charge >= 0.3 is 0 Å². The van der Waals surface area contributed by atoms with Gasteiger partial charge in [-0.2, -0.15) is 5.26 Å². The number of hydrogen-bond donors (Lipinski definition) is 2. The Labute approximate surface area is 169 Å². The van der Waals surface area contributed by atoms with Gasteiger partial charge in [0.15, 0.2) is 0 Å². The van der Waals surface area contributed by atoms with E-state index in [9.17, 15) is 4.79 Å². The molecule has 1 fully saturated rings. The van der Waals surface area contributed by atoms with Crippen molar-refractivity contribution < 1.29 is 4.79 Å². The SMILES string of the molecule is CC(N)=C(Cl)C(=N)c1cc(C(=O)N2CC(c3ccc(C#N)cc3)C2)ccc1C. The normalized spacial score (nSPS) is 14.7. The third-order valence-corrected chi connectivity index (χ3v) is 5.49. The van der Waals surface area contributed by atoms with Crippen LogP contribution in [0.3, 0.4) is 0 Å². The van der Waals surface area contributed by atoms with Crippen LogP contribution in [-0.4, -0.2) is 29.6 Å². The monoisotopic (exact) mass is 392 g/mol. The van der Waals surface area contributed by atoms with Crippen LogP contribution in [0, 0.1) is 23.7 Å². The van der Waals surface area contributed by atoms with Crippen LogP contribution < -0.4 is 5.73 Å². The first-order valence-electron chi connectivity index (χ1n) is 8.93. The molecule has 0 saturated carbocycles. The van der Waals surface area contributed by atoms with Gasteiger partial charge in [0.2, 0.25) is 0 Å². The van der Waals surface area contributed by atoms with Gasteiger partial charge in [-0.25, -0.2) is 0 Å². The highest BCUT2D eigenvalue weighted by Gasteiger charge is 2.32. The van der Waals surface area contributed by atoms with Crippen molar-refractivity contribution in [2.75, 3.05) is 13.1 Å². The predicted octanol–water partition coefficient (Wildman–Crippen LogP) is 3.90. The maximum atomic E-state index is 12.8. The zero-order chi connectivity index (χ0) is 20.4. The molecular formula is C22H21ClN4O. The van der Waals surface area contributed by atoms with Gasteiger partial charge in [-0.1, -0.05) is 29.8 Å². The molecule has 6 heteroatoms. The van der Waals surface area contributed by atoms with Crippen LogP contribution in [-0.2, 0) is 0 Å². The van der Waals surface area contributed by atoms with Gasteiger partial charge in [-0.05, 0) is 49.2 Å². The Hall–Kier alpha value is -3.10. The molecule has 5 nitrogen and oxygen atoms in total. The molecule has 0 aliphatic carbocycles. The number of aryl methyl sites for hydroxylation is 1. The lowest BCUT2D eigenvalue weighted by Crippen LogP contribution is -2.48. The van der Waals surface area contributed by atoms with Crippen molar-refractivity contribution in [3.63, 3.8) is 0 Å². The first kappa shape index (κ1) is 19.7. The Morgan fingerprint density at radius 2 is 1.89 bits per heavy atom. The number of benzene rings is 2. The standard InChI is InChI=1S/C22H21ClN4O/c1-13-3-6-17(9-19(13)21(26)20(23)14(2)25)22(28)27-11-18(12-27)16-7-4-15(10-24)5-8-16/h3-9,18,26H,11-12,25H2,1-2H3. The minimum Gasteiger partial charge on any atom is -0.401 e. The van der Waals surface area contributed by atoms with Crippen LogP contribution in [0.4, 0.5) is 0 Å². The lowest BCUT2D eigenvalue weighted by molar-refractivity contribution is 0.0602. The number of carbonyl (C=O) groups excluding carboxylic acids is 1. The zero-order valence-corrected chi connectivity index (χ0v) is 16.5. The molecule has 2 aromatic carbocycles. The Bertz CT molecular complexity index is 1010. The smallest absolute Gasteiger partial charge is 0.253 e. The summed E-state index contributed by atoms with van der Waals surface area (Å²) in [7, 11) is 0. The predicted molar refractivity (Wildman–Crippen MR) is 111 cm³/mol. The van der Waals surface area contributed by atoms with Crippen molar-refractivity contribution >= 4 is 23.2 Å². The van der Waals surface area contributed by atoms with E-state index >= 15 is 0 Å². The first-order valence-corrected chi connectivity index (χ1v) is 9.30. The molecule has 1 aliphatic rings. The molecule has 3 rings (SSSR count). The average molecular weight is 393 g/mol. The van der Waals surface area contributed by atoms with E-state index in [1.54, 1.807) is 36.1 Å².